The van der Waals surface area contributed by atoms with E-state index in [0.29, 0.717) is 11.8 Å². The lowest BCUT2D eigenvalue weighted by atomic mass is 10.0. The van der Waals surface area contributed by atoms with Crippen molar-refractivity contribution in [2.75, 3.05) is 5.75 Å². The maximum Gasteiger partial charge on any atom is 0.246 e. The fourth-order valence-corrected chi connectivity index (χ4v) is 1.97. The Morgan fingerprint density at radius 1 is 1.50 bits per heavy atom. The summed E-state index contributed by atoms with van der Waals surface area (Å²) >= 11 is 1.82. The summed E-state index contributed by atoms with van der Waals surface area (Å²) in [6, 6.07) is 0. The molecule has 1 atom stereocenters. The topological polar surface area (TPSA) is 64.9 Å². The summed E-state index contributed by atoms with van der Waals surface area (Å²) in [6.45, 7) is 8.31. The highest BCUT2D eigenvalue weighted by Crippen LogP contribution is 2.20. The van der Waals surface area contributed by atoms with E-state index in [-0.39, 0.29) is 0 Å². The molecule has 5 heteroatoms. The molecule has 0 amide bonds. The molecule has 92 valence electrons. The van der Waals surface area contributed by atoms with Crippen molar-refractivity contribution in [1.82, 2.24) is 10.1 Å². The Kier molecular flexibility index (Phi) is 4.80. The normalized spacial score (nSPS) is 15.4. The van der Waals surface area contributed by atoms with Crippen LogP contribution in [0.3, 0.4) is 0 Å². The lowest BCUT2D eigenvalue weighted by Gasteiger charge is -2.16. The number of rotatable bonds is 6. The lowest BCUT2D eigenvalue weighted by molar-refractivity contribution is 0.290. The van der Waals surface area contributed by atoms with Crippen LogP contribution >= 0.6 is 11.8 Å². The van der Waals surface area contributed by atoms with Gasteiger partial charge in [0.25, 0.3) is 0 Å². The second-order valence-electron chi connectivity index (χ2n) is 4.70. The van der Waals surface area contributed by atoms with Gasteiger partial charge in [0.2, 0.25) is 5.89 Å². The van der Waals surface area contributed by atoms with Gasteiger partial charge in [0.1, 0.15) is 0 Å². The Bertz CT molecular complexity index is 323. The summed E-state index contributed by atoms with van der Waals surface area (Å²) in [5, 5.41) is 3.94. The molecular formula is C11H21N3OS. The fourth-order valence-electron chi connectivity index (χ4n) is 1.08. The van der Waals surface area contributed by atoms with Crippen LogP contribution in [-0.4, -0.2) is 15.9 Å². The minimum atomic E-state index is -0.506. The molecule has 1 unspecified atom stereocenters. The Hall–Kier alpha value is -0.550. The number of nitrogens with zero attached hydrogens (tertiary/aromatic N) is 2. The molecule has 0 aliphatic rings. The summed E-state index contributed by atoms with van der Waals surface area (Å²) in [5.41, 5.74) is 5.52. The fraction of sp³-hybridized carbons (Fsp3) is 0.818. The van der Waals surface area contributed by atoms with Crippen molar-refractivity contribution in [3.63, 3.8) is 0 Å². The molecule has 0 bridgehead atoms. The molecule has 0 aliphatic carbocycles. The minimum Gasteiger partial charge on any atom is -0.337 e. The van der Waals surface area contributed by atoms with Crippen LogP contribution in [0.4, 0.5) is 0 Å². The van der Waals surface area contributed by atoms with Crippen LogP contribution in [0.15, 0.2) is 4.52 Å². The van der Waals surface area contributed by atoms with Crippen LogP contribution in [0.25, 0.3) is 0 Å². The molecule has 4 nitrogen and oxygen atoms in total. The van der Waals surface area contributed by atoms with E-state index in [1.54, 1.807) is 0 Å². The standard InChI is InChI=1S/C11H21N3OS/c1-5-11(4,12)10-13-9(14-15-10)7-16-6-8(2)3/h8H,5-7,12H2,1-4H3. The summed E-state index contributed by atoms with van der Waals surface area (Å²) in [7, 11) is 0. The first kappa shape index (κ1) is 13.5. The molecule has 0 saturated heterocycles. The Morgan fingerprint density at radius 2 is 2.19 bits per heavy atom. The van der Waals surface area contributed by atoms with Crippen LogP contribution in [-0.2, 0) is 11.3 Å². The predicted molar refractivity (Wildman–Crippen MR) is 67.1 cm³/mol. The highest BCUT2D eigenvalue weighted by atomic mass is 32.2. The van der Waals surface area contributed by atoms with Crippen molar-refractivity contribution >= 4 is 11.8 Å². The zero-order valence-electron chi connectivity index (χ0n) is 10.5. The Morgan fingerprint density at radius 3 is 2.75 bits per heavy atom. The van der Waals surface area contributed by atoms with Crippen molar-refractivity contribution in [2.45, 2.75) is 45.4 Å². The summed E-state index contributed by atoms with van der Waals surface area (Å²) in [4.78, 5) is 4.33. The average Bonchev–Trinajstić information content (AvgIpc) is 2.66. The van der Waals surface area contributed by atoms with Gasteiger partial charge in [0.15, 0.2) is 5.82 Å². The first-order valence-corrected chi connectivity index (χ1v) is 6.81. The largest absolute Gasteiger partial charge is 0.337 e. The van der Waals surface area contributed by atoms with Crippen LogP contribution in [0.2, 0.25) is 0 Å². The smallest absolute Gasteiger partial charge is 0.246 e. The van der Waals surface area contributed by atoms with E-state index in [1.165, 1.54) is 0 Å². The van der Waals surface area contributed by atoms with Gasteiger partial charge >= 0.3 is 0 Å². The molecular weight excluding hydrogens is 222 g/mol. The SMILES string of the molecule is CCC(C)(N)c1nc(CSCC(C)C)no1. The summed E-state index contributed by atoms with van der Waals surface area (Å²) < 4.78 is 5.18. The van der Waals surface area contributed by atoms with Gasteiger partial charge in [0.05, 0.1) is 11.3 Å². The lowest BCUT2D eigenvalue weighted by Crippen LogP contribution is -2.32. The first-order chi connectivity index (χ1) is 7.45. The van der Waals surface area contributed by atoms with Gasteiger partial charge in [-0.15, -0.1) is 0 Å². The highest BCUT2D eigenvalue weighted by molar-refractivity contribution is 7.98. The van der Waals surface area contributed by atoms with Crippen molar-refractivity contribution in [3.8, 4) is 0 Å². The monoisotopic (exact) mass is 243 g/mol. The van der Waals surface area contributed by atoms with E-state index in [9.17, 15) is 0 Å². The number of hydrogen-bond acceptors (Lipinski definition) is 5. The van der Waals surface area contributed by atoms with Gasteiger partial charge in [0, 0.05) is 0 Å². The van der Waals surface area contributed by atoms with Crippen molar-refractivity contribution in [1.29, 1.82) is 0 Å². The molecule has 1 aromatic rings. The van der Waals surface area contributed by atoms with Gasteiger partial charge in [-0.25, -0.2) is 0 Å². The second kappa shape index (κ2) is 5.68. The molecule has 0 fully saturated rings. The third-order valence-corrected chi connectivity index (χ3v) is 3.74. The predicted octanol–water partition coefficient (Wildman–Crippen LogP) is 2.54. The number of thioether (sulfide) groups is 1. The zero-order chi connectivity index (χ0) is 12.2. The van der Waals surface area contributed by atoms with Crippen molar-refractivity contribution < 1.29 is 4.52 Å². The van der Waals surface area contributed by atoms with Crippen molar-refractivity contribution in [2.24, 2.45) is 11.7 Å². The summed E-state index contributed by atoms with van der Waals surface area (Å²) in [5.74, 6) is 3.87. The first-order valence-electron chi connectivity index (χ1n) is 5.65. The molecule has 0 radical (unpaired) electrons. The number of hydrogen-bond donors (Lipinski definition) is 1. The van der Waals surface area contributed by atoms with E-state index in [2.05, 4.69) is 24.0 Å². The van der Waals surface area contributed by atoms with Crippen LogP contribution in [0, 0.1) is 5.92 Å². The molecule has 0 aliphatic heterocycles. The van der Waals surface area contributed by atoms with Gasteiger partial charge in [-0.1, -0.05) is 25.9 Å². The molecule has 1 heterocycles. The van der Waals surface area contributed by atoms with Crippen LogP contribution < -0.4 is 5.73 Å². The second-order valence-corrected chi connectivity index (χ2v) is 5.73. The third-order valence-electron chi connectivity index (χ3n) is 2.37. The number of aromatic nitrogens is 2. The van der Waals surface area contributed by atoms with Gasteiger partial charge in [-0.2, -0.15) is 16.7 Å². The van der Waals surface area contributed by atoms with Crippen LogP contribution in [0.5, 0.6) is 0 Å². The van der Waals surface area contributed by atoms with Gasteiger partial charge in [-0.05, 0) is 25.0 Å². The minimum absolute atomic E-state index is 0.506. The average molecular weight is 243 g/mol. The Labute approximate surface area is 101 Å². The third kappa shape index (κ3) is 3.79. The molecule has 1 rings (SSSR count). The van der Waals surface area contributed by atoms with E-state index >= 15 is 0 Å². The highest BCUT2D eigenvalue weighted by Gasteiger charge is 2.25. The molecule has 0 aromatic carbocycles. The van der Waals surface area contributed by atoms with E-state index in [4.69, 9.17) is 10.3 Å². The van der Waals surface area contributed by atoms with Crippen LogP contribution in [0.1, 0.15) is 45.8 Å². The quantitative estimate of drug-likeness (QED) is 0.831. The molecule has 1 aromatic heterocycles. The Balaban J connectivity index is 2.52. The van der Waals surface area contributed by atoms with E-state index < -0.39 is 5.54 Å². The van der Waals surface area contributed by atoms with Gasteiger partial charge in [-0.3, -0.25) is 0 Å². The molecule has 16 heavy (non-hydrogen) atoms. The van der Waals surface area contributed by atoms with E-state index in [0.717, 1.165) is 23.8 Å². The zero-order valence-corrected chi connectivity index (χ0v) is 11.3. The van der Waals surface area contributed by atoms with E-state index in [1.807, 2.05) is 25.6 Å². The summed E-state index contributed by atoms with van der Waals surface area (Å²) in [6.07, 6.45) is 0.785. The molecule has 2 N–H and O–H groups in total. The maximum atomic E-state index is 6.02. The molecule has 0 saturated carbocycles. The maximum absolute atomic E-state index is 6.02. The van der Waals surface area contributed by atoms with Gasteiger partial charge < -0.3 is 10.3 Å². The molecule has 0 spiro atoms. The number of nitrogens with two attached hydrogens (primary N) is 1. The van der Waals surface area contributed by atoms with Crippen molar-refractivity contribution in [3.05, 3.63) is 11.7 Å².